The SMILES string of the molecule is FC(F)(F)Oc1cc(-n2c3ccccc3c3cc(-c4cccc5c4sc4ccccc45)ccc32)cc(-n2c3ccccc3c3cc(-c4cccc5c4sc4ccccc45)ccc32)c1. The second-order valence-corrected chi connectivity index (χ2v) is 18.1. The van der Waals surface area contributed by atoms with Crippen molar-refractivity contribution in [1.29, 1.82) is 0 Å². The standard InChI is InChI=1S/C55H31F3N2OS2/c56-55(57,58)61-36-30-34(59-47-19-5-1-11-39(47)45-27-32(23-25-49(45)59)37-15-9-17-43-41-13-3-7-21-51(41)62-53(37)43)29-35(31-36)60-48-20-6-2-12-40(48)46-28-33(24-26-50(46)60)38-16-10-18-44-42-14-4-8-22-52(42)63-54(38)44/h1-31H. The molecule has 0 atom stereocenters. The van der Waals surface area contributed by atoms with Crippen molar-refractivity contribution in [3.8, 4) is 39.4 Å². The van der Waals surface area contributed by atoms with Gasteiger partial charge in [0, 0.05) is 74.0 Å². The Morgan fingerprint density at radius 3 is 1.25 bits per heavy atom. The van der Waals surface area contributed by atoms with Crippen LogP contribution in [0.25, 0.3) is 118 Å². The van der Waals surface area contributed by atoms with Crippen molar-refractivity contribution in [2.75, 3.05) is 0 Å². The number of alkyl halides is 3. The number of rotatable bonds is 5. The van der Waals surface area contributed by atoms with Crippen molar-refractivity contribution in [1.82, 2.24) is 9.13 Å². The summed E-state index contributed by atoms with van der Waals surface area (Å²) in [6.45, 7) is 0. The first-order valence-electron chi connectivity index (χ1n) is 20.6. The maximum atomic E-state index is 14.2. The summed E-state index contributed by atoms with van der Waals surface area (Å²) in [5.41, 5.74) is 9.05. The normalized spacial score (nSPS) is 12.4. The fraction of sp³-hybridized carbons (Fsp3) is 0.0182. The molecule has 300 valence electrons. The zero-order chi connectivity index (χ0) is 42.0. The number of ether oxygens (including phenoxy) is 1. The topological polar surface area (TPSA) is 19.1 Å². The van der Waals surface area contributed by atoms with Crippen molar-refractivity contribution in [3.05, 3.63) is 188 Å². The highest BCUT2D eigenvalue weighted by molar-refractivity contribution is 7.26. The zero-order valence-electron chi connectivity index (χ0n) is 33.2. The third-order valence-corrected chi connectivity index (χ3v) is 14.8. The largest absolute Gasteiger partial charge is 0.573 e. The molecule has 0 aliphatic heterocycles. The van der Waals surface area contributed by atoms with Gasteiger partial charge in [0.25, 0.3) is 0 Å². The van der Waals surface area contributed by atoms with E-state index >= 15 is 0 Å². The van der Waals surface area contributed by atoms with Crippen molar-refractivity contribution in [3.63, 3.8) is 0 Å². The molecule has 13 aromatic rings. The van der Waals surface area contributed by atoms with Gasteiger partial charge in [0.05, 0.1) is 33.4 Å². The van der Waals surface area contributed by atoms with Gasteiger partial charge in [0.15, 0.2) is 0 Å². The maximum absolute atomic E-state index is 14.2. The van der Waals surface area contributed by atoms with Gasteiger partial charge in [0.2, 0.25) is 0 Å². The van der Waals surface area contributed by atoms with E-state index in [0.717, 1.165) is 65.9 Å². The number of nitrogens with zero attached hydrogens (tertiary/aromatic N) is 2. The van der Waals surface area contributed by atoms with Crippen LogP contribution >= 0.6 is 22.7 Å². The third-order valence-electron chi connectivity index (χ3n) is 12.4. The summed E-state index contributed by atoms with van der Waals surface area (Å²) in [6, 6.07) is 63.9. The quantitative estimate of drug-likeness (QED) is 0.169. The molecule has 9 aromatic carbocycles. The molecule has 0 aliphatic rings. The van der Waals surface area contributed by atoms with Crippen LogP contribution < -0.4 is 4.74 Å². The zero-order valence-corrected chi connectivity index (χ0v) is 34.8. The van der Waals surface area contributed by atoms with Crippen LogP contribution in [-0.4, -0.2) is 15.5 Å². The van der Waals surface area contributed by atoms with E-state index in [4.69, 9.17) is 4.74 Å². The van der Waals surface area contributed by atoms with Gasteiger partial charge in [-0.15, -0.1) is 35.8 Å². The lowest BCUT2D eigenvalue weighted by Gasteiger charge is -2.17. The molecule has 0 radical (unpaired) electrons. The summed E-state index contributed by atoms with van der Waals surface area (Å²) in [6.07, 6.45) is -4.90. The van der Waals surface area contributed by atoms with Gasteiger partial charge in [0.1, 0.15) is 5.75 Å². The van der Waals surface area contributed by atoms with Crippen LogP contribution in [0.15, 0.2) is 188 Å². The first kappa shape index (κ1) is 36.3. The number of para-hydroxylation sites is 2. The Morgan fingerprint density at radius 2 is 0.778 bits per heavy atom. The maximum Gasteiger partial charge on any atom is 0.573 e. The molecule has 8 heteroatoms. The summed E-state index contributed by atoms with van der Waals surface area (Å²) < 4.78 is 56.5. The molecule has 0 spiro atoms. The van der Waals surface area contributed by atoms with E-state index in [2.05, 4.69) is 143 Å². The Balaban J connectivity index is 1.02. The number of benzene rings is 9. The molecule has 3 nitrogen and oxygen atoms in total. The van der Waals surface area contributed by atoms with Crippen LogP contribution in [0, 0.1) is 0 Å². The fourth-order valence-electron chi connectivity index (χ4n) is 9.81. The number of halogens is 3. The second-order valence-electron chi connectivity index (χ2n) is 16.0. The summed E-state index contributed by atoms with van der Waals surface area (Å²) in [7, 11) is 0. The molecule has 0 amide bonds. The number of thiophene rings is 2. The van der Waals surface area contributed by atoms with Crippen molar-refractivity contribution in [2.45, 2.75) is 6.36 Å². The van der Waals surface area contributed by atoms with Gasteiger partial charge in [-0.05, 0) is 76.9 Å². The van der Waals surface area contributed by atoms with Gasteiger partial charge in [-0.2, -0.15) is 0 Å². The average molecular weight is 857 g/mol. The van der Waals surface area contributed by atoms with Crippen molar-refractivity contribution >= 4 is 107 Å². The summed E-state index contributed by atoms with van der Waals surface area (Å²) in [5.74, 6) is -0.298. The third kappa shape index (κ3) is 5.65. The van der Waals surface area contributed by atoms with E-state index in [-0.39, 0.29) is 5.75 Å². The van der Waals surface area contributed by atoms with E-state index in [9.17, 15) is 13.2 Å². The van der Waals surface area contributed by atoms with Gasteiger partial charge >= 0.3 is 6.36 Å². The van der Waals surface area contributed by atoms with Crippen LogP contribution in [0.5, 0.6) is 5.75 Å². The summed E-state index contributed by atoms with van der Waals surface area (Å²) in [5, 5.41) is 8.92. The first-order chi connectivity index (χ1) is 30.8. The number of hydrogen-bond donors (Lipinski definition) is 0. The number of fused-ring (bicyclic) bond motifs is 12. The Bertz CT molecular complexity index is 3770. The lowest BCUT2D eigenvalue weighted by Crippen LogP contribution is -2.17. The molecule has 0 fully saturated rings. The van der Waals surface area contributed by atoms with E-state index in [1.165, 1.54) is 52.5 Å². The van der Waals surface area contributed by atoms with Crippen molar-refractivity contribution < 1.29 is 17.9 Å². The van der Waals surface area contributed by atoms with E-state index in [0.29, 0.717) is 11.4 Å². The van der Waals surface area contributed by atoms with Crippen LogP contribution in [-0.2, 0) is 0 Å². The van der Waals surface area contributed by atoms with Gasteiger partial charge in [-0.3, -0.25) is 0 Å². The molecule has 0 unspecified atom stereocenters. The predicted octanol–water partition coefficient (Wildman–Crippen LogP) is 16.8. The summed E-state index contributed by atoms with van der Waals surface area (Å²) in [4.78, 5) is 0. The molecular formula is C55H31F3N2OS2. The highest BCUT2D eigenvalue weighted by Crippen LogP contribution is 2.45. The van der Waals surface area contributed by atoms with Gasteiger partial charge in [-0.25, -0.2) is 0 Å². The monoisotopic (exact) mass is 856 g/mol. The first-order valence-corrected chi connectivity index (χ1v) is 22.3. The lowest BCUT2D eigenvalue weighted by atomic mass is 10.0. The lowest BCUT2D eigenvalue weighted by molar-refractivity contribution is -0.274. The second kappa shape index (κ2) is 13.6. The van der Waals surface area contributed by atoms with E-state index in [1.54, 1.807) is 22.7 Å². The predicted molar refractivity (Wildman–Crippen MR) is 258 cm³/mol. The van der Waals surface area contributed by atoms with Crippen molar-refractivity contribution in [2.24, 2.45) is 0 Å². The molecule has 0 aliphatic carbocycles. The number of aromatic nitrogens is 2. The highest BCUT2D eigenvalue weighted by Gasteiger charge is 2.32. The average Bonchev–Trinajstić information content (AvgIpc) is 4.06. The van der Waals surface area contributed by atoms with Crippen LogP contribution in [0.3, 0.4) is 0 Å². The van der Waals surface area contributed by atoms with Crippen LogP contribution in [0.2, 0.25) is 0 Å². The Hall–Kier alpha value is -7.39. The number of hydrogen-bond acceptors (Lipinski definition) is 3. The van der Waals surface area contributed by atoms with E-state index in [1.807, 2.05) is 42.5 Å². The van der Waals surface area contributed by atoms with Gasteiger partial charge in [-0.1, -0.05) is 121 Å². The fourth-order valence-corrected chi connectivity index (χ4v) is 12.3. The molecule has 0 saturated carbocycles. The molecule has 0 bridgehead atoms. The Labute approximate surface area is 365 Å². The minimum Gasteiger partial charge on any atom is -0.406 e. The molecular weight excluding hydrogens is 826 g/mol. The summed E-state index contributed by atoms with van der Waals surface area (Å²) >= 11 is 3.58. The highest BCUT2D eigenvalue weighted by atomic mass is 32.1. The molecule has 13 rings (SSSR count). The molecule has 63 heavy (non-hydrogen) atoms. The van der Waals surface area contributed by atoms with Gasteiger partial charge < -0.3 is 13.9 Å². The minimum absolute atomic E-state index is 0.298. The van der Waals surface area contributed by atoms with Crippen LogP contribution in [0.1, 0.15) is 0 Å². The Morgan fingerprint density at radius 1 is 0.365 bits per heavy atom. The van der Waals surface area contributed by atoms with Crippen LogP contribution in [0.4, 0.5) is 13.2 Å². The molecule has 4 aromatic heterocycles. The van der Waals surface area contributed by atoms with E-state index < -0.39 is 6.36 Å². The smallest absolute Gasteiger partial charge is 0.406 e. The minimum atomic E-state index is -4.90. The molecule has 0 saturated heterocycles. The molecule has 4 heterocycles. The molecule has 0 N–H and O–H groups in total. The Kier molecular flexibility index (Phi) is 7.81.